The summed E-state index contributed by atoms with van der Waals surface area (Å²) in [5, 5.41) is 0. The zero-order chi connectivity index (χ0) is 11.6. The van der Waals surface area contributed by atoms with Crippen LogP contribution in [0, 0.1) is 5.41 Å². The number of nitrogens with zero attached hydrogens (tertiary/aromatic N) is 2. The largest absolute Gasteiger partial charge is 0.290 e. The Bertz CT molecular complexity index is 363. The highest BCUT2D eigenvalue weighted by Gasteiger charge is 2.18. The van der Waals surface area contributed by atoms with Crippen LogP contribution in [0.1, 0.15) is 32.0 Å². The van der Waals surface area contributed by atoms with E-state index in [-0.39, 0.29) is 5.41 Å². The number of hydrogen-bond acceptors (Lipinski definition) is 2. The van der Waals surface area contributed by atoms with Crippen LogP contribution in [0.25, 0.3) is 0 Å². The van der Waals surface area contributed by atoms with Crippen molar-refractivity contribution in [2.24, 2.45) is 5.41 Å². The van der Waals surface area contributed by atoms with Crippen LogP contribution >= 0.6 is 0 Å². The smallest absolute Gasteiger partial charge is 0.0589 e. The van der Waals surface area contributed by atoms with E-state index in [1.165, 1.54) is 11.3 Å². The first-order chi connectivity index (χ1) is 7.54. The highest BCUT2D eigenvalue weighted by molar-refractivity contribution is 5.23. The molecule has 0 saturated carbocycles. The molecule has 1 aromatic heterocycles. The van der Waals surface area contributed by atoms with Crippen molar-refractivity contribution in [3.63, 3.8) is 0 Å². The van der Waals surface area contributed by atoms with Crippen LogP contribution in [0.5, 0.6) is 0 Å². The van der Waals surface area contributed by atoms with Gasteiger partial charge in [-0.3, -0.25) is 9.88 Å². The van der Waals surface area contributed by atoms with Crippen molar-refractivity contribution in [2.45, 2.75) is 33.9 Å². The molecule has 0 aromatic carbocycles. The third kappa shape index (κ3) is 2.92. The molecule has 0 fully saturated rings. The zero-order valence-electron chi connectivity index (χ0n) is 10.4. The van der Waals surface area contributed by atoms with Crippen LogP contribution in [-0.4, -0.2) is 16.4 Å². The Kier molecular flexibility index (Phi) is 3.10. The number of fused-ring (bicyclic) bond motifs is 1. The van der Waals surface area contributed by atoms with Crippen LogP contribution in [0.15, 0.2) is 30.5 Å². The summed E-state index contributed by atoms with van der Waals surface area (Å²) in [5.41, 5.74) is 2.91. The van der Waals surface area contributed by atoms with E-state index >= 15 is 0 Å². The summed E-state index contributed by atoms with van der Waals surface area (Å²) in [4.78, 5) is 6.82. The van der Waals surface area contributed by atoms with Gasteiger partial charge < -0.3 is 0 Å². The Labute approximate surface area is 98.0 Å². The van der Waals surface area contributed by atoms with E-state index in [0.717, 1.165) is 19.6 Å². The van der Waals surface area contributed by atoms with Gasteiger partial charge in [0.2, 0.25) is 0 Å². The van der Waals surface area contributed by atoms with E-state index in [0.29, 0.717) is 0 Å². The Morgan fingerprint density at radius 1 is 1.38 bits per heavy atom. The average molecular weight is 216 g/mol. The van der Waals surface area contributed by atoms with E-state index < -0.39 is 0 Å². The molecule has 1 aromatic rings. The van der Waals surface area contributed by atoms with Gasteiger partial charge in [0.15, 0.2) is 0 Å². The van der Waals surface area contributed by atoms with Crippen molar-refractivity contribution < 1.29 is 0 Å². The normalized spacial score (nSPS) is 16.9. The summed E-state index contributed by atoms with van der Waals surface area (Å²) in [6.45, 7) is 9.73. The quantitative estimate of drug-likeness (QED) is 0.706. The molecule has 2 heteroatoms. The molecular formula is C14H20N2. The Balaban J connectivity index is 1.91. The third-order valence-corrected chi connectivity index (χ3v) is 2.73. The van der Waals surface area contributed by atoms with Crippen LogP contribution < -0.4 is 0 Å². The zero-order valence-corrected chi connectivity index (χ0v) is 10.4. The minimum Gasteiger partial charge on any atom is -0.290 e. The van der Waals surface area contributed by atoms with E-state index in [2.05, 4.69) is 48.9 Å². The van der Waals surface area contributed by atoms with Gasteiger partial charge in [-0.15, -0.1) is 0 Å². The lowest BCUT2D eigenvalue weighted by atomic mass is 9.96. The molecule has 0 unspecified atom stereocenters. The average Bonchev–Trinajstić information content (AvgIpc) is 2.57. The van der Waals surface area contributed by atoms with Gasteiger partial charge in [-0.25, -0.2) is 0 Å². The molecule has 2 rings (SSSR count). The van der Waals surface area contributed by atoms with E-state index in [9.17, 15) is 0 Å². The standard InChI is InChI=1S/C14H20N2/c1-14(2,3)7-5-9-16-10-12-6-4-8-15-13(12)11-16/h4-8H,9-11H2,1-3H3/b7-5+. The summed E-state index contributed by atoms with van der Waals surface area (Å²) in [7, 11) is 0. The fraction of sp³-hybridized carbons (Fsp3) is 0.500. The van der Waals surface area contributed by atoms with Gasteiger partial charge in [-0.05, 0) is 17.0 Å². The SMILES string of the molecule is CC(C)(C)/C=C/CN1Cc2cccnc2C1. The molecule has 0 atom stereocenters. The molecule has 2 nitrogen and oxygen atoms in total. The fourth-order valence-electron chi connectivity index (χ4n) is 1.95. The second-order valence-electron chi connectivity index (χ2n) is 5.55. The van der Waals surface area contributed by atoms with E-state index in [1.54, 1.807) is 0 Å². The van der Waals surface area contributed by atoms with Crippen LogP contribution in [0.3, 0.4) is 0 Å². The molecule has 0 spiro atoms. The minimum atomic E-state index is 0.283. The lowest BCUT2D eigenvalue weighted by molar-refractivity contribution is 0.314. The second kappa shape index (κ2) is 4.38. The number of pyridine rings is 1. The molecule has 0 saturated heterocycles. The predicted octanol–water partition coefficient (Wildman–Crippen LogP) is 3.00. The highest BCUT2D eigenvalue weighted by atomic mass is 15.1. The fourth-order valence-corrected chi connectivity index (χ4v) is 1.95. The van der Waals surface area contributed by atoms with Gasteiger partial charge in [0, 0.05) is 25.8 Å². The molecule has 86 valence electrons. The molecule has 1 aliphatic heterocycles. The maximum atomic E-state index is 4.40. The van der Waals surface area contributed by atoms with Crippen molar-refractivity contribution in [2.75, 3.05) is 6.54 Å². The first-order valence-electron chi connectivity index (χ1n) is 5.87. The van der Waals surface area contributed by atoms with Gasteiger partial charge in [-0.1, -0.05) is 39.0 Å². The second-order valence-corrected chi connectivity index (χ2v) is 5.55. The van der Waals surface area contributed by atoms with Crippen LogP contribution in [0.2, 0.25) is 0 Å². The molecule has 0 aliphatic carbocycles. The van der Waals surface area contributed by atoms with Crippen LogP contribution in [0.4, 0.5) is 0 Å². The van der Waals surface area contributed by atoms with Gasteiger partial charge >= 0.3 is 0 Å². The Hall–Kier alpha value is -1.15. The van der Waals surface area contributed by atoms with Crippen molar-refractivity contribution >= 4 is 0 Å². The number of aromatic nitrogens is 1. The summed E-state index contributed by atoms with van der Waals surface area (Å²) in [6, 6.07) is 4.20. The summed E-state index contributed by atoms with van der Waals surface area (Å²) >= 11 is 0. The van der Waals surface area contributed by atoms with Gasteiger partial charge in [0.25, 0.3) is 0 Å². The first-order valence-corrected chi connectivity index (χ1v) is 5.87. The summed E-state index contributed by atoms with van der Waals surface area (Å²) < 4.78 is 0. The molecule has 0 N–H and O–H groups in total. The maximum absolute atomic E-state index is 4.40. The molecule has 0 bridgehead atoms. The monoisotopic (exact) mass is 216 g/mol. The third-order valence-electron chi connectivity index (χ3n) is 2.73. The molecule has 2 heterocycles. The predicted molar refractivity (Wildman–Crippen MR) is 66.9 cm³/mol. The first kappa shape index (κ1) is 11.3. The van der Waals surface area contributed by atoms with Crippen molar-refractivity contribution in [1.82, 2.24) is 9.88 Å². The van der Waals surface area contributed by atoms with Crippen molar-refractivity contribution in [3.05, 3.63) is 41.7 Å². The van der Waals surface area contributed by atoms with Gasteiger partial charge in [0.05, 0.1) is 5.69 Å². The summed E-state index contributed by atoms with van der Waals surface area (Å²) in [5.74, 6) is 0. The Morgan fingerprint density at radius 2 is 2.19 bits per heavy atom. The Morgan fingerprint density at radius 3 is 2.88 bits per heavy atom. The number of hydrogen-bond donors (Lipinski definition) is 0. The molecule has 0 radical (unpaired) electrons. The lowest BCUT2D eigenvalue weighted by Gasteiger charge is -2.14. The summed E-state index contributed by atoms with van der Waals surface area (Å²) in [6.07, 6.45) is 6.43. The molecular weight excluding hydrogens is 196 g/mol. The van der Waals surface area contributed by atoms with Crippen molar-refractivity contribution in [1.29, 1.82) is 0 Å². The number of allylic oxidation sites excluding steroid dienone is 1. The lowest BCUT2D eigenvalue weighted by Crippen LogP contribution is -2.16. The molecule has 1 aliphatic rings. The van der Waals surface area contributed by atoms with E-state index in [1.807, 2.05) is 12.3 Å². The highest BCUT2D eigenvalue weighted by Crippen LogP contribution is 2.20. The van der Waals surface area contributed by atoms with E-state index in [4.69, 9.17) is 0 Å². The minimum absolute atomic E-state index is 0.283. The molecule has 16 heavy (non-hydrogen) atoms. The van der Waals surface area contributed by atoms with Gasteiger partial charge in [-0.2, -0.15) is 0 Å². The van der Waals surface area contributed by atoms with Gasteiger partial charge in [0.1, 0.15) is 0 Å². The topological polar surface area (TPSA) is 16.1 Å². The maximum Gasteiger partial charge on any atom is 0.0589 e. The van der Waals surface area contributed by atoms with Crippen molar-refractivity contribution in [3.8, 4) is 0 Å². The number of rotatable bonds is 2. The van der Waals surface area contributed by atoms with Crippen LogP contribution in [-0.2, 0) is 13.1 Å². The molecule has 0 amide bonds.